The number of ether oxygens (including phenoxy) is 1. The Kier molecular flexibility index (Phi) is 4.03. The van der Waals surface area contributed by atoms with Crippen LogP contribution in [0.25, 0.3) is 0 Å². The number of carbonyl (C=O) groups is 1. The molecule has 2 atom stereocenters. The number of aliphatic carboxylic acids is 1. The first-order chi connectivity index (χ1) is 8.50. The van der Waals surface area contributed by atoms with Crippen molar-refractivity contribution >= 4 is 29.2 Å². The molecule has 1 aromatic rings. The molecule has 1 aliphatic rings. The number of halogens is 2. The van der Waals surface area contributed by atoms with Crippen molar-refractivity contribution in [3.63, 3.8) is 0 Å². The molecule has 18 heavy (non-hydrogen) atoms. The van der Waals surface area contributed by atoms with Gasteiger partial charge in [0.25, 0.3) is 0 Å². The standard InChI is InChI=1S/C13H14Cl2O3/c1-7(13(16)17)9-3-2-4-18-12-10(9)5-8(14)6-11(12)15/h5-7,9H,2-4H2,1H3,(H,16,17). The van der Waals surface area contributed by atoms with E-state index in [1.165, 1.54) is 0 Å². The summed E-state index contributed by atoms with van der Waals surface area (Å²) in [6, 6.07) is 3.38. The Hall–Kier alpha value is -0.930. The largest absolute Gasteiger partial charge is 0.492 e. The van der Waals surface area contributed by atoms with Gasteiger partial charge >= 0.3 is 5.97 Å². The van der Waals surface area contributed by atoms with E-state index in [-0.39, 0.29) is 5.92 Å². The highest BCUT2D eigenvalue weighted by Crippen LogP contribution is 2.43. The minimum Gasteiger partial charge on any atom is -0.492 e. The monoisotopic (exact) mass is 288 g/mol. The van der Waals surface area contributed by atoms with Crippen LogP contribution in [0.15, 0.2) is 12.1 Å². The molecule has 0 aromatic heterocycles. The van der Waals surface area contributed by atoms with Crippen LogP contribution in [0.4, 0.5) is 0 Å². The molecule has 1 N–H and O–H groups in total. The minimum atomic E-state index is -0.816. The van der Waals surface area contributed by atoms with Gasteiger partial charge in [-0.05, 0) is 25.0 Å². The Morgan fingerprint density at radius 2 is 2.22 bits per heavy atom. The molecule has 0 spiro atoms. The fraction of sp³-hybridized carbons (Fsp3) is 0.462. The zero-order valence-electron chi connectivity index (χ0n) is 9.95. The van der Waals surface area contributed by atoms with Crippen LogP contribution in [0.5, 0.6) is 5.75 Å². The molecule has 2 rings (SSSR count). The van der Waals surface area contributed by atoms with Crippen molar-refractivity contribution in [2.75, 3.05) is 6.61 Å². The third kappa shape index (κ3) is 2.57. The molecular weight excluding hydrogens is 275 g/mol. The lowest BCUT2D eigenvalue weighted by molar-refractivity contribution is -0.141. The highest BCUT2D eigenvalue weighted by molar-refractivity contribution is 6.35. The van der Waals surface area contributed by atoms with Crippen molar-refractivity contribution in [3.05, 3.63) is 27.7 Å². The van der Waals surface area contributed by atoms with Crippen molar-refractivity contribution in [1.82, 2.24) is 0 Å². The van der Waals surface area contributed by atoms with Crippen molar-refractivity contribution in [2.45, 2.75) is 25.7 Å². The van der Waals surface area contributed by atoms with E-state index in [0.29, 0.717) is 22.4 Å². The summed E-state index contributed by atoms with van der Waals surface area (Å²) in [4.78, 5) is 11.2. The molecule has 5 heteroatoms. The van der Waals surface area contributed by atoms with E-state index in [0.717, 1.165) is 18.4 Å². The van der Waals surface area contributed by atoms with Crippen LogP contribution in [0, 0.1) is 5.92 Å². The number of carboxylic acid groups (broad SMARTS) is 1. The molecule has 1 heterocycles. The first kappa shape index (κ1) is 13.5. The number of hydrogen-bond acceptors (Lipinski definition) is 2. The fourth-order valence-electron chi connectivity index (χ4n) is 2.33. The van der Waals surface area contributed by atoms with E-state index in [1.54, 1.807) is 19.1 Å². The average Bonchev–Trinajstić information content (AvgIpc) is 2.50. The normalized spacial score (nSPS) is 20.5. The van der Waals surface area contributed by atoms with E-state index < -0.39 is 11.9 Å². The molecule has 2 unspecified atom stereocenters. The van der Waals surface area contributed by atoms with E-state index in [1.807, 2.05) is 0 Å². The van der Waals surface area contributed by atoms with Gasteiger partial charge in [0.15, 0.2) is 0 Å². The van der Waals surface area contributed by atoms with Gasteiger partial charge < -0.3 is 9.84 Å². The Bertz CT molecular complexity index is 474. The van der Waals surface area contributed by atoms with Gasteiger partial charge in [-0.1, -0.05) is 30.1 Å². The van der Waals surface area contributed by atoms with Crippen LogP contribution in [0.3, 0.4) is 0 Å². The molecule has 0 radical (unpaired) electrons. The molecule has 0 saturated carbocycles. The lowest BCUT2D eigenvalue weighted by Crippen LogP contribution is -2.18. The molecule has 0 bridgehead atoms. The van der Waals surface area contributed by atoms with Crippen LogP contribution in [0.2, 0.25) is 10.0 Å². The van der Waals surface area contributed by atoms with Gasteiger partial charge in [0.05, 0.1) is 17.5 Å². The Labute approximate surface area is 116 Å². The molecule has 1 aliphatic heterocycles. The van der Waals surface area contributed by atoms with Crippen molar-refractivity contribution in [3.8, 4) is 5.75 Å². The molecule has 1 aromatic carbocycles. The van der Waals surface area contributed by atoms with Gasteiger partial charge in [-0.25, -0.2) is 0 Å². The Morgan fingerprint density at radius 1 is 1.50 bits per heavy atom. The van der Waals surface area contributed by atoms with Crippen molar-refractivity contribution in [1.29, 1.82) is 0 Å². The van der Waals surface area contributed by atoms with Gasteiger partial charge in [-0.15, -0.1) is 0 Å². The van der Waals surface area contributed by atoms with Crippen LogP contribution >= 0.6 is 23.2 Å². The summed E-state index contributed by atoms with van der Waals surface area (Å²) in [6.45, 7) is 2.26. The molecule has 0 amide bonds. The van der Waals surface area contributed by atoms with E-state index in [9.17, 15) is 9.90 Å². The zero-order valence-corrected chi connectivity index (χ0v) is 11.5. The van der Waals surface area contributed by atoms with Gasteiger partial charge in [0.1, 0.15) is 5.75 Å². The lowest BCUT2D eigenvalue weighted by atomic mass is 9.84. The summed E-state index contributed by atoms with van der Waals surface area (Å²) in [6.07, 6.45) is 1.57. The molecule has 3 nitrogen and oxygen atoms in total. The summed E-state index contributed by atoms with van der Waals surface area (Å²) in [5.41, 5.74) is 0.805. The third-order valence-corrected chi connectivity index (χ3v) is 3.83. The van der Waals surface area contributed by atoms with Crippen LogP contribution in [-0.2, 0) is 4.79 Å². The maximum Gasteiger partial charge on any atom is 0.306 e. The van der Waals surface area contributed by atoms with Crippen molar-refractivity contribution < 1.29 is 14.6 Å². The molecule has 0 fully saturated rings. The summed E-state index contributed by atoms with van der Waals surface area (Å²) < 4.78 is 5.61. The smallest absolute Gasteiger partial charge is 0.306 e. The Morgan fingerprint density at radius 3 is 2.89 bits per heavy atom. The molecular formula is C13H14Cl2O3. The second kappa shape index (κ2) is 5.37. The predicted molar refractivity (Wildman–Crippen MR) is 70.7 cm³/mol. The predicted octanol–water partition coefficient (Wildman–Crippen LogP) is 3.97. The summed E-state index contributed by atoms with van der Waals surface area (Å²) >= 11 is 12.1. The van der Waals surface area contributed by atoms with Crippen molar-refractivity contribution in [2.24, 2.45) is 5.92 Å². The molecule has 0 saturated heterocycles. The number of carboxylic acids is 1. The van der Waals surface area contributed by atoms with E-state index in [4.69, 9.17) is 27.9 Å². The lowest BCUT2D eigenvalue weighted by Gasteiger charge is -2.21. The zero-order chi connectivity index (χ0) is 13.3. The first-order valence-electron chi connectivity index (χ1n) is 5.85. The van der Waals surface area contributed by atoms with Gasteiger partial charge in [0.2, 0.25) is 0 Å². The van der Waals surface area contributed by atoms with Crippen LogP contribution < -0.4 is 4.74 Å². The molecule has 0 aliphatic carbocycles. The number of fused-ring (bicyclic) bond motifs is 1. The summed E-state index contributed by atoms with van der Waals surface area (Å²) in [7, 11) is 0. The Balaban J connectivity index is 2.50. The fourth-order valence-corrected chi connectivity index (χ4v) is 2.90. The van der Waals surface area contributed by atoms with Gasteiger partial charge in [-0.3, -0.25) is 4.79 Å². The van der Waals surface area contributed by atoms with E-state index in [2.05, 4.69) is 0 Å². The average molecular weight is 289 g/mol. The quantitative estimate of drug-likeness (QED) is 0.896. The third-order valence-electron chi connectivity index (χ3n) is 3.34. The molecule has 98 valence electrons. The van der Waals surface area contributed by atoms with Gasteiger partial charge in [-0.2, -0.15) is 0 Å². The number of benzene rings is 1. The second-order valence-electron chi connectivity index (χ2n) is 4.53. The van der Waals surface area contributed by atoms with E-state index >= 15 is 0 Å². The number of rotatable bonds is 2. The van der Waals surface area contributed by atoms with Crippen LogP contribution in [0.1, 0.15) is 31.2 Å². The summed E-state index contributed by atoms with van der Waals surface area (Å²) in [5.74, 6) is -0.836. The van der Waals surface area contributed by atoms with Gasteiger partial charge in [0, 0.05) is 16.5 Å². The highest BCUT2D eigenvalue weighted by Gasteiger charge is 2.30. The highest BCUT2D eigenvalue weighted by atomic mass is 35.5. The maximum atomic E-state index is 11.2. The maximum absolute atomic E-state index is 11.2. The topological polar surface area (TPSA) is 46.5 Å². The SMILES string of the molecule is CC(C(=O)O)C1CCCOc2c(Cl)cc(Cl)cc21. The minimum absolute atomic E-state index is 0.115. The summed E-state index contributed by atoms with van der Waals surface area (Å²) in [5, 5.41) is 10.1. The second-order valence-corrected chi connectivity index (χ2v) is 5.37. The van der Waals surface area contributed by atoms with Crippen LogP contribution in [-0.4, -0.2) is 17.7 Å². The number of hydrogen-bond donors (Lipinski definition) is 1. The first-order valence-corrected chi connectivity index (χ1v) is 6.61.